The molecule has 3 N–H and O–H groups in total. The van der Waals surface area contributed by atoms with E-state index in [9.17, 15) is 0 Å². The van der Waals surface area contributed by atoms with Crippen molar-refractivity contribution >= 4 is 0 Å². The minimum absolute atomic E-state index is 0.0705. The zero-order valence-corrected chi connectivity index (χ0v) is 8.08. The Morgan fingerprint density at radius 1 is 1.58 bits per heavy atom. The summed E-state index contributed by atoms with van der Waals surface area (Å²) in [5.41, 5.74) is 6.09. The van der Waals surface area contributed by atoms with E-state index in [0.29, 0.717) is 5.41 Å². The third-order valence-corrected chi connectivity index (χ3v) is 2.48. The molecular formula is C9H20N2O. The van der Waals surface area contributed by atoms with Gasteiger partial charge in [-0.15, -0.1) is 0 Å². The third kappa shape index (κ3) is 2.73. The second kappa shape index (κ2) is 3.73. The Labute approximate surface area is 74.5 Å². The van der Waals surface area contributed by atoms with Gasteiger partial charge in [-0.2, -0.15) is 0 Å². The number of nitrogens with zero attached hydrogens (tertiary/aromatic N) is 1. The number of hydrogen-bond donors (Lipinski definition) is 2. The Morgan fingerprint density at radius 3 is 2.67 bits per heavy atom. The van der Waals surface area contributed by atoms with Gasteiger partial charge in [0, 0.05) is 19.1 Å². The highest BCUT2D eigenvalue weighted by molar-refractivity contribution is 4.84. The molecule has 0 bridgehead atoms. The van der Waals surface area contributed by atoms with Gasteiger partial charge in [0.15, 0.2) is 0 Å². The van der Waals surface area contributed by atoms with Crippen molar-refractivity contribution in [3.63, 3.8) is 0 Å². The van der Waals surface area contributed by atoms with E-state index in [0.717, 1.165) is 19.6 Å². The van der Waals surface area contributed by atoms with Crippen LogP contribution in [0.3, 0.4) is 0 Å². The summed E-state index contributed by atoms with van der Waals surface area (Å²) < 4.78 is 0. The van der Waals surface area contributed by atoms with Crippen molar-refractivity contribution in [2.24, 2.45) is 11.1 Å². The largest absolute Gasteiger partial charge is 0.395 e. The molecule has 0 aromatic heterocycles. The molecule has 3 nitrogen and oxygen atoms in total. The van der Waals surface area contributed by atoms with Gasteiger partial charge in [-0.05, 0) is 18.4 Å². The molecule has 0 aliphatic carbocycles. The number of likely N-dealkylation sites (tertiary alicyclic amines) is 1. The van der Waals surface area contributed by atoms with Gasteiger partial charge in [0.25, 0.3) is 0 Å². The predicted molar refractivity (Wildman–Crippen MR) is 49.9 cm³/mol. The number of rotatable bonds is 3. The SMILES string of the molecule is CC1(C)CCN(CC(N)CO)C1. The molecule has 1 aliphatic heterocycles. The molecule has 12 heavy (non-hydrogen) atoms. The van der Waals surface area contributed by atoms with E-state index >= 15 is 0 Å². The molecule has 0 radical (unpaired) electrons. The topological polar surface area (TPSA) is 49.5 Å². The van der Waals surface area contributed by atoms with Gasteiger partial charge in [-0.25, -0.2) is 0 Å². The molecule has 0 saturated carbocycles. The Hall–Kier alpha value is -0.120. The molecule has 3 heteroatoms. The zero-order chi connectivity index (χ0) is 9.19. The van der Waals surface area contributed by atoms with Crippen LogP contribution in [-0.2, 0) is 0 Å². The standard InChI is InChI=1S/C9H20N2O/c1-9(2)3-4-11(7-9)5-8(10)6-12/h8,12H,3-7,10H2,1-2H3. The lowest BCUT2D eigenvalue weighted by molar-refractivity contribution is 0.212. The molecule has 0 aromatic rings. The van der Waals surface area contributed by atoms with E-state index in [-0.39, 0.29) is 12.6 Å². The smallest absolute Gasteiger partial charge is 0.0595 e. The lowest BCUT2D eigenvalue weighted by Gasteiger charge is -2.21. The van der Waals surface area contributed by atoms with Gasteiger partial charge in [-0.3, -0.25) is 0 Å². The molecule has 72 valence electrons. The summed E-state index contributed by atoms with van der Waals surface area (Å²) in [5, 5.41) is 8.77. The molecule has 0 amide bonds. The number of aliphatic hydroxyl groups is 1. The van der Waals surface area contributed by atoms with Crippen molar-refractivity contribution in [1.29, 1.82) is 0 Å². The summed E-state index contributed by atoms with van der Waals surface area (Å²) in [6.45, 7) is 7.72. The minimum atomic E-state index is -0.0705. The fraction of sp³-hybridized carbons (Fsp3) is 1.00. The van der Waals surface area contributed by atoms with Crippen molar-refractivity contribution in [2.45, 2.75) is 26.3 Å². The van der Waals surface area contributed by atoms with Crippen molar-refractivity contribution in [1.82, 2.24) is 4.90 Å². The molecule has 1 atom stereocenters. The third-order valence-electron chi connectivity index (χ3n) is 2.48. The average Bonchev–Trinajstić information content (AvgIpc) is 2.30. The molecule has 0 aromatic carbocycles. The van der Waals surface area contributed by atoms with Gasteiger partial charge < -0.3 is 15.7 Å². The van der Waals surface area contributed by atoms with Crippen molar-refractivity contribution in [2.75, 3.05) is 26.2 Å². The van der Waals surface area contributed by atoms with Crippen molar-refractivity contribution in [3.05, 3.63) is 0 Å². The summed E-state index contributed by atoms with van der Waals surface area (Å²) in [5.74, 6) is 0. The number of aliphatic hydroxyl groups excluding tert-OH is 1. The second-order valence-corrected chi connectivity index (χ2v) is 4.59. The molecule has 1 rings (SSSR count). The van der Waals surface area contributed by atoms with Gasteiger partial charge in [0.2, 0.25) is 0 Å². The Bertz CT molecular complexity index is 147. The van der Waals surface area contributed by atoms with Crippen LogP contribution in [0.25, 0.3) is 0 Å². The molecule has 1 saturated heterocycles. The molecule has 1 aliphatic rings. The monoisotopic (exact) mass is 172 g/mol. The van der Waals surface area contributed by atoms with E-state index < -0.39 is 0 Å². The highest BCUT2D eigenvalue weighted by atomic mass is 16.3. The van der Waals surface area contributed by atoms with E-state index in [1.165, 1.54) is 6.42 Å². The molecule has 1 fully saturated rings. The first kappa shape index (κ1) is 9.96. The highest BCUT2D eigenvalue weighted by Gasteiger charge is 2.29. The fourth-order valence-electron chi connectivity index (χ4n) is 1.77. The summed E-state index contributed by atoms with van der Waals surface area (Å²) in [4.78, 5) is 2.33. The quantitative estimate of drug-likeness (QED) is 0.632. The van der Waals surface area contributed by atoms with Crippen LogP contribution < -0.4 is 5.73 Å². The molecule has 0 spiro atoms. The first-order valence-electron chi connectivity index (χ1n) is 4.62. The molecular weight excluding hydrogens is 152 g/mol. The van der Waals surface area contributed by atoms with E-state index in [2.05, 4.69) is 18.7 Å². The maximum Gasteiger partial charge on any atom is 0.0595 e. The minimum Gasteiger partial charge on any atom is -0.395 e. The van der Waals surface area contributed by atoms with Crippen LogP contribution in [0.2, 0.25) is 0 Å². The van der Waals surface area contributed by atoms with Crippen LogP contribution in [0, 0.1) is 5.41 Å². The van der Waals surface area contributed by atoms with Crippen molar-refractivity contribution in [3.8, 4) is 0 Å². The maximum atomic E-state index is 8.77. The lowest BCUT2D eigenvalue weighted by atomic mass is 9.93. The Kier molecular flexibility index (Phi) is 3.09. The predicted octanol–water partition coefficient (Wildman–Crippen LogP) is 0.0379. The average molecular weight is 172 g/mol. The van der Waals surface area contributed by atoms with Crippen molar-refractivity contribution < 1.29 is 5.11 Å². The summed E-state index contributed by atoms with van der Waals surface area (Å²) in [6.07, 6.45) is 1.24. The first-order chi connectivity index (χ1) is 5.53. The van der Waals surface area contributed by atoms with Crippen LogP contribution in [0.4, 0.5) is 0 Å². The fourth-order valence-corrected chi connectivity index (χ4v) is 1.77. The van der Waals surface area contributed by atoms with E-state index in [4.69, 9.17) is 10.8 Å². The van der Waals surface area contributed by atoms with E-state index in [1.807, 2.05) is 0 Å². The van der Waals surface area contributed by atoms with Crippen LogP contribution in [0.5, 0.6) is 0 Å². The summed E-state index contributed by atoms with van der Waals surface area (Å²) in [7, 11) is 0. The molecule has 1 heterocycles. The zero-order valence-electron chi connectivity index (χ0n) is 8.08. The van der Waals surface area contributed by atoms with E-state index in [1.54, 1.807) is 0 Å². The highest BCUT2D eigenvalue weighted by Crippen LogP contribution is 2.28. The van der Waals surface area contributed by atoms with Gasteiger partial charge in [0.1, 0.15) is 0 Å². The number of nitrogens with two attached hydrogens (primary N) is 1. The summed E-state index contributed by atoms with van der Waals surface area (Å²) >= 11 is 0. The Morgan fingerprint density at radius 2 is 2.25 bits per heavy atom. The van der Waals surface area contributed by atoms with Gasteiger partial charge in [-0.1, -0.05) is 13.8 Å². The van der Waals surface area contributed by atoms with Crippen LogP contribution in [0.1, 0.15) is 20.3 Å². The normalized spacial score (nSPS) is 26.0. The first-order valence-corrected chi connectivity index (χ1v) is 4.62. The lowest BCUT2D eigenvalue weighted by Crippen LogP contribution is -2.39. The number of hydrogen-bond acceptors (Lipinski definition) is 3. The Balaban J connectivity index is 2.28. The maximum absolute atomic E-state index is 8.77. The van der Waals surface area contributed by atoms with Gasteiger partial charge >= 0.3 is 0 Å². The molecule has 1 unspecified atom stereocenters. The summed E-state index contributed by atoms with van der Waals surface area (Å²) in [6, 6.07) is -0.0705. The van der Waals surface area contributed by atoms with Gasteiger partial charge in [0.05, 0.1) is 6.61 Å². The van der Waals surface area contributed by atoms with Crippen LogP contribution >= 0.6 is 0 Å². The van der Waals surface area contributed by atoms with Crippen LogP contribution in [-0.4, -0.2) is 42.3 Å². The second-order valence-electron chi connectivity index (χ2n) is 4.59. The van der Waals surface area contributed by atoms with Crippen LogP contribution in [0.15, 0.2) is 0 Å².